The van der Waals surface area contributed by atoms with Crippen LogP contribution in [0.3, 0.4) is 0 Å². The van der Waals surface area contributed by atoms with E-state index in [9.17, 15) is 0 Å². The lowest BCUT2D eigenvalue weighted by molar-refractivity contribution is 0.763. The van der Waals surface area contributed by atoms with Crippen LogP contribution in [0.4, 0.5) is 0 Å². The van der Waals surface area contributed by atoms with Crippen LogP contribution in [-0.4, -0.2) is 0 Å². The highest BCUT2D eigenvalue weighted by molar-refractivity contribution is 5.03. The third-order valence-corrected chi connectivity index (χ3v) is 1.41. The highest BCUT2D eigenvalue weighted by atomic mass is 13.9. The lowest BCUT2D eigenvalue weighted by Gasteiger charge is -1.90. The van der Waals surface area contributed by atoms with Gasteiger partial charge in [-0.1, -0.05) is 30.4 Å². The van der Waals surface area contributed by atoms with Crippen molar-refractivity contribution >= 4 is 0 Å². The van der Waals surface area contributed by atoms with Crippen molar-refractivity contribution in [2.75, 3.05) is 0 Å². The van der Waals surface area contributed by atoms with Crippen molar-refractivity contribution in [2.45, 2.75) is 25.7 Å². The monoisotopic (exact) mass is 149 g/mol. The van der Waals surface area contributed by atoms with Crippen LogP contribution >= 0.6 is 0 Å². The fraction of sp³-hybridized carbons (Fsp3) is 0.364. The minimum absolute atomic E-state index is 1.14. The van der Waals surface area contributed by atoms with E-state index in [0.29, 0.717) is 0 Å². The van der Waals surface area contributed by atoms with E-state index >= 15 is 0 Å². The summed E-state index contributed by atoms with van der Waals surface area (Å²) in [4.78, 5) is 0. The van der Waals surface area contributed by atoms with Gasteiger partial charge in [-0.05, 0) is 32.6 Å². The smallest absolute Gasteiger partial charge is 0.0313 e. The molecule has 11 heavy (non-hydrogen) atoms. The Kier molecular flexibility index (Phi) is 8.57. The van der Waals surface area contributed by atoms with Crippen LogP contribution in [0.1, 0.15) is 25.7 Å². The van der Waals surface area contributed by atoms with Gasteiger partial charge in [0.15, 0.2) is 0 Å². The minimum Gasteiger partial charge on any atom is -0.103 e. The van der Waals surface area contributed by atoms with E-state index in [0.717, 1.165) is 12.8 Å². The molecule has 61 valence electrons. The Morgan fingerprint density at radius 1 is 1.00 bits per heavy atom. The van der Waals surface area contributed by atoms with Crippen molar-refractivity contribution in [3.8, 4) is 0 Å². The maximum atomic E-state index is 3.67. The molecule has 0 nitrogen and oxygen atoms in total. The van der Waals surface area contributed by atoms with E-state index in [1.807, 2.05) is 18.2 Å². The Balaban J connectivity index is 3.06. The first-order valence-electron chi connectivity index (χ1n) is 4.13. The summed E-state index contributed by atoms with van der Waals surface area (Å²) < 4.78 is 0. The summed E-state index contributed by atoms with van der Waals surface area (Å²) in [6.45, 7) is 7.26. The Morgan fingerprint density at radius 2 is 1.73 bits per heavy atom. The molecule has 0 aliphatic rings. The quantitative estimate of drug-likeness (QED) is 0.307. The summed E-state index contributed by atoms with van der Waals surface area (Å²) >= 11 is 0. The molecule has 0 N–H and O–H groups in total. The molecule has 0 aliphatic heterocycles. The summed E-state index contributed by atoms with van der Waals surface area (Å²) in [5.41, 5.74) is 0. The highest BCUT2D eigenvalue weighted by Crippen LogP contribution is 2.00. The number of unbranched alkanes of at least 4 members (excludes halogenated alkanes) is 3. The molecule has 0 rings (SSSR count). The third kappa shape index (κ3) is 9.22. The van der Waals surface area contributed by atoms with Crippen LogP contribution < -0.4 is 0 Å². The summed E-state index contributed by atoms with van der Waals surface area (Å²) in [6.07, 6.45) is 14.7. The maximum absolute atomic E-state index is 3.67. The molecule has 0 aromatic carbocycles. The van der Waals surface area contributed by atoms with Crippen molar-refractivity contribution in [2.24, 2.45) is 0 Å². The molecule has 0 fully saturated rings. The summed E-state index contributed by atoms with van der Waals surface area (Å²) in [6, 6.07) is 0. The molecule has 0 atom stereocenters. The zero-order valence-corrected chi connectivity index (χ0v) is 7.13. The number of hydrogen-bond donors (Lipinski definition) is 0. The molecule has 0 aromatic rings. The van der Waals surface area contributed by atoms with Crippen molar-refractivity contribution in [3.05, 3.63) is 43.9 Å². The molecular formula is C11H17. The van der Waals surface area contributed by atoms with Crippen molar-refractivity contribution in [1.82, 2.24) is 0 Å². The average molecular weight is 149 g/mol. The minimum atomic E-state index is 1.14. The van der Waals surface area contributed by atoms with Crippen LogP contribution in [0.25, 0.3) is 0 Å². The van der Waals surface area contributed by atoms with Crippen molar-refractivity contribution in [1.29, 1.82) is 0 Å². The van der Waals surface area contributed by atoms with Gasteiger partial charge in [-0.2, -0.15) is 0 Å². The summed E-state index contributed by atoms with van der Waals surface area (Å²) in [7, 11) is 0. The van der Waals surface area contributed by atoms with Crippen LogP contribution in [0.15, 0.2) is 37.0 Å². The summed E-state index contributed by atoms with van der Waals surface area (Å²) in [5.74, 6) is 0. The predicted octanol–water partition coefficient (Wildman–Crippen LogP) is 3.68. The van der Waals surface area contributed by atoms with Crippen molar-refractivity contribution < 1.29 is 0 Å². The SMILES string of the molecule is [CH2]/C=C/C=C/CCCCC=C. The summed E-state index contributed by atoms with van der Waals surface area (Å²) in [5, 5.41) is 0. The van der Waals surface area contributed by atoms with Crippen LogP contribution in [-0.2, 0) is 0 Å². The molecule has 0 bridgehead atoms. The van der Waals surface area contributed by atoms with Gasteiger partial charge < -0.3 is 0 Å². The highest BCUT2D eigenvalue weighted by Gasteiger charge is 1.80. The molecule has 0 aliphatic carbocycles. The molecule has 0 spiro atoms. The van der Waals surface area contributed by atoms with E-state index in [1.54, 1.807) is 6.08 Å². The third-order valence-electron chi connectivity index (χ3n) is 1.41. The van der Waals surface area contributed by atoms with Gasteiger partial charge in [-0.15, -0.1) is 6.58 Å². The molecule has 0 amide bonds. The van der Waals surface area contributed by atoms with Gasteiger partial charge in [-0.25, -0.2) is 0 Å². The van der Waals surface area contributed by atoms with Gasteiger partial charge in [0, 0.05) is 0 Å². The van der Waals surface area contributed by atoms with E-state index in [2.05, 4.69) is 19.6 Å². The van der Waals surface area contributed by atoms with Gasteiger partial charge in [0.25, 0.3) is 0 Å². The van der Waals surface area contributed by atoms with Crippen LogP contribution in [0, 0.1) is 6.92 Å². The second-order valence-electron chi connectivity index (χ2n) is 2.43. The van der Waals surface area contributed by atoms with E-state index in [-0.39, 0.29) is 0 Å². The van der Waals surface area contributed by atoms with Gasteiger partial charge in [0.05, 0.1) is 0 Å². The first-order chi connectivity index (χ1) is 5.41. The van der Waals surface area contributed by atoms with Gasteiger partial charge in [-0.3, -0.25) is 0 Å². The largest absolute Gasteiger partial charge is 0.103 e. The Labute approximate surface area is 70.3 Å². The Bertz CT molecular complexity index is 129. The van der Waals surface area contributed by atoms with Crippen LogP contribution in [0.2, 0.25) is 0 Å². The number of rotatable bonds is 6. The second kappa shape index (κ2) is 9.22. The molecular weight excluding hydrogens is 132 g/mol. The standard InChI is InChI=1S/C11H17/c1-3-5-7-9-11-10-8-6-4-2/h3-5,7,9H,1-2,6,8,10-11H2/b5-3+,9-7+. The van der Waals surface area contributed by atoms with E-state index in [4.69, 9.17) is 0 Å². The fourth-order valence-corrected chi connectivity index (χ4v) is 0.804. The van der Waals surface area contributed by atoms with Crippen molar-refractivity contribution in [3.63, 3.8) is 0 Å². The number of allylic oxidation sites excluding steroid dienone is 5. The van der Waals surface area contributed by atoms with E-state index in [1.165, 1.54) is 12.8 Å². The predicted molar refractivity (Wildman–Crippen MR) is 52.3 cm³/mol. The van der Waals surface area contributed by atoms with Gasteiger partial charge in [0.2, 0.25) is 0 Å². The second-order valence-corrected chi connectivity index (χ2v) is 2.43. The van der Waals surface area contributed by atoms with Crippen LogP contribution in [0.5, 0.6) is 0 Å². The zero-order valence-electron chi connectivity index (χ0n) is 7.13. The molecule has 0 heterocycles. The Hall–Kier alpha value is -0.780. The average Bonchev–Trinajstić information content (AvgIpc) is 2.03. The topological polar surface area (TPSA) is 0 Å². The molecule has 0 aromatic heterocycles. The molecule has 1 radical (unpaired) electrons. The lowest BCUT2D eigenvalue weighted by Crippen LogP contribution is -1.70. The molecule has 0 saturated carbocycles. The van der Waals surface area contributed by atoms with Gasteiger partial charge in [0.1, 0.15) is 0 Å². The van der Waals surface area contributed by atoms with Gasteiger partial charge >= 0.3 is 0 Å². The molecule has 0 heteroatoms. The normalized spacial score (nSPS) is 11.4. The molecule has 0 saturated heterocycles. The first-order valence-corrected chi connectivity index (χ1v) is 4.13. The molecule has 0 unspecified atom stereocenters. The fourth-order valence-electron chi connectivity index (χ4n) is 0.804. The Morgan fingerprint density at radius 3 is 2.36 bits per heavy atom. The van der Waals surface area contributed by atoms with E-state index < -0.39 is 0 Å². The lowest BCUT2D eigenvalue weighted by atomic mass is 10.2. The number of hydrogen-bond acceptors (Lipinski definition) is 0. The first kappa shape index (κ1) is 10.2. The maximum Gasteiger partial charge on any atom is -0.0313 e. The zero-order chi connectivity index (χ0) is 8.36.